The van der Waals surface area contributed by atoms with E-state index >= 15 is 0 Å². The average molecular weight is 333 g/mol. The Bertz CT molecular complexity index is 849. The van der Waals surface area contributed by atoms with Crippen molar-refractivity contribution in [2.24, 2.45) is 5.92 Å². The van der Waals surface area contributed by atoms with Gasteiger partial charge in [0.15, 0.2) is 0 Å². The van der Waals surface area contributed by atoms with E-state index in [-0.39, 0.29) is 11.8 Å². The molecule has 0 spiro atoms. The molecule has 0 N–H and O–H groups in total. The Labute approximate surface area is 148 Å². The van der Waals surface area contributed by atoms with Crippen molar-refractivity contribution in [3.8, 4) is 0 Å². The lowest BCUT2D eigenvalue weighted by Crippen LogP contribution is -2.43. The molecule has 2 aromatic carbocycles. The number of unbranched alkanes of at least 4 members (excludes halogenated alkanes) is 1. The molecule has 0 saturated carbocycles. The first kappa shape index (κ1) is 16.1. The van der Waals surface area contributed by atoms with Gasteiger partial charge in [-0.15, -0.1) is 0 Å². The minimum Gasteiger partial charge on any atom is -0.274 e. The maximum Gasteiger partial charge on any atom is 0.261 e. The maximum absolute atomic E-state index is 13.1. The molecule has 0 aromatic heterocycles. The summed E-state index contributed by atoms with van der Waals surface area (Å²) in [6.07, 6.45) is 8.43. The summed E-state index contributed by atoms with van der Waals surface area (Å²) >= 11 is 0. The van der Waals surface area contributed by atoms with Crippen LogP contribution in [-0.4, -0.2) is 23.3 Å². The van der Waals surface area contributed by atoms with Crippen molar-refractivity contribution in [3.05, 3.63) is 46.5 Å². The van der Waals surface area contributed by atoms with E-state index in [9.17, 15) is 9.59 Å². The summed E-state index contributed by atoms with van der Waals surface area (Å²) < 4.78 is 0. The largest absolute Gasteiger partial charge is 0.274 e. The van der Waals surface area contributed by atoms with E-state index in [0.717, 1.165) is 47.6 Å². The number of carbonyl (C=O) groups excluding carboxylic acids is 2. The van der Waals surface area contributed by atoms with Crippen LogP contribution in [0.4, 0.5) is 0 Å². The summed E-state index contributed by atoms with van der Waals surface area (Å²) in [6, 6.07) is 7.76. The fourth-order valence-corrected chi connectivity index (χ4v) is 4.09. The zero-order chi connectivity index (χ0) is 17.6. The number of rotatable bonds is 6. The quantitative estimate of drug-likeness (QED) is 0.586. The lowest BCUT2D eigenvalue weighted by Gasteiger charge is -2.30. The van der Waals surface area contributed by atoms with Crippen LogP contribution in [0.2, 0.25) is 0 Å². The predicted octanol–water partition coefficient (Wildman–Crippen LogP) is 5.14. The summed E-state index contributed by atoms with van der Waals surface area (Å²) in [5, 5.41) is 1.89. The van der Waals surface area contributed by atoms with Gasteiger partial charge in [0, 0.05) is 23.1 Å². The minimum atomic E-state index is -0.136. The molecule has 4 rings (SSSR count). The molecular formula is C22H23NO2. The third-order valence-corrected chi connectivity index (χ3v) is 5.60. The number of nitrogens with zero attached hydrogens (tertiary/aromatic N) is 1. The number of hydrogen-bond acceptors (Lipinski definition) is 2. The normalized spacial score (nSPS) is 16.2. The Morgan fingerprint density at radius 1 is 0.880 bits per heavy atom. The lowest BCUT2D eigenvalue weighted by molar-refractivity contribution is 0.0580. The number of benzene rings is 2. The topological polar surface area (TPSA) is 37.4 Å². The second kappa shape index (κ2) is 6.14. The first-order valence-corrected chi connectivity index (χ1v) is 9.29. The molecule has 25 heavy (non-hydrogen) atoms. The van der Waals surface area contributed by atoms with Crippen molar-refractivity contribution >= 4 is 34.7 Å². The molecule has 0 saturated heterocycles. The van der Waals surface area contributed by atoms with Gasteiger partial charge in [0.25, 0.3) is 11.8 Å². The fraction of sp³-hybridized carbons (Fsp3) is 0.364. The van der Waals surface area contributed by atoms with E-state index in [4.69, 9.17) is 0 Å². The Balaban J connectivity index is 1.76. The van der Waals surface area contributed by atoms with E-state index < -0.39 is 0 Å². The third kappa shape index (κ3) is 2.41. The van der Waals surface area contributed by atoms with Crippen LogP contribution < -0.4 is 0 Å². The molecular weight excluding hydrogens is 310 g/mol. The van der Waals surface area contributed by atoms with Crippen molar-refractivity contribution in [2.45, 2.75) is 39.5 Å². The Kier molecular flexibility index (Phi) is 3.95. The van der Waals surface area contributed by atoms with E-state index in [2.05, 4.69) is 26.0 Å². The van der Waals surface area contributed by atoms with Crippen LogP contribution in [0.5, 0.6) is 0 Å². The van der Waals surface area contributed by atoms with Gasteiger partial charge in [0.2, 0.25) is 0 Å². The summed E-state index contributed by atoms with van der Waals surface area (Å²) in [5.41, 5.74) is 3.53. The van der Waals surface area contributed by atoms with Crippen molar-refractivity contribution in [1.29, 1.82) is 0 Å². The van der Waals surface area contributed by atoms with Crippen LogP contribution in [0.25, 0.3) is 22.9 Å². The van der Waals surface area contributed by atoms with Crippen molar-refractivity contribution in [3.63, 3.8) is 0 Å². The molecule has 3 nitrogen and oxygen atoms in total. The maximum atomic E-state index is 13.1. The highest BCUT2D eigenvalue weighted by Gasteiger charge is 2.35. The molecule has 2 aliphatic rings. The summed E-state index contributed by atoms with van der Waals surface area (Å²) in [4.78, 5) is 27.6. The first-order valence-electron chi connectivity index (χ1n) is 9.29. The second-order valence-electron chi connectivity index (χ2n) is 7.13. The number of imide groups is 1. The van der Waals surface area contributed by atoms with Crippen LogP contribution in [0.1, 0.15) is 71.4 Å². The van der Waals surface area contributed by atoms with Gasteiger partial charge >= 0.3 is 0 Å². The summed E-state index contributed by atoms with van der Waals surface area (Å²) in [5.74, 6) is 0.104. The smallest absolute Gasteiger partial charge is 0.261 e. The van der Waals surface area contributed by atoms with Gasteiger partial charge in [-0.3, -0.25) is 14.5 Å². The highest BCUT2D eigenvalue weighted by Crippen LogP contribution is 2.38. The van der Waals surface area contributed by atoms with Crippen molar-refractivity contribution in [2.75, 3.05) is 6.54 Å². The van der Waals surface area contributed by atoms with Crippen LogP contribution in [-0.2, 0) is 0 Å². The van der Waals surface area contributed by atoms with Crippen molar-refractivity contribution in [1.82, 2.24) is 4.90 Å². The molecule has 2 aromatic rings. The van der Waals surface area contributed by atoms with E-state index in [1.165, 1.54) is 4.90 Å². The summed E-state index contributed by atoms with van der Waals surface area (Å²) in [7, 11) is 0. The molecule has 128 valence electrons. The van der Waals surface area contributed by atoms with Gasteiger partial charge in [-0.05, 0) is 41.0 Å². The van der Waals surface area contributed by atoms with Crippen LogP contribution in [0, 0.1) is 5.92 Å². The van der Waals surface area contributed by atoms with Gasteiger partial charge in [-0.1, -0.05) is 57.4 Å². The number of hydrogen-bond donors (Lipinski definition) is 0. The zero-order valence-corrected chi connectivity index (χ0v) is 14.8. The molecule has 0 fully saturated rings. The molecule has 2 amide bonds. The molecule has 1 aliphatic carbocycles. The van der Waals surface area contributed by atoms with E-state index in [1.54, 1.807) is 0 Å². The SMILES string of the molecule is CCCCC(CC)CN1C(=O)c2ccc3c4c(ccc(c24)C1=O)C=C3. The predicted molar refractivity (Wildman–Crippen MR) is 102 cm³/mol. The average Bonchev–Trinajstić information content (AvgIpc) is 3.06. The Hall–Kier alpha value is -2.42. The van der Waals surface area contributed by atoms with E-state index in [1.807, 2.05) is 24.3 Å². The molecule has 1 unspecified atom stereocenters. The second-order valence-corrected chi connectivity index (χ2v) is 7.13. The minimum absolute atomic E-state index is 0.136. The molecule has 0 bridgehead atoms. The van der Waals surface area contributed by atoms with Gasteiger partial charge in [0.05, 0.1) is 0 Å². The molecule has 1 heterocycles. The fourth-order valence-electron chi connectivity index (χ4n) is 4.09. The highest BCUT2D eigenvalue weighted by molar-refractivity contribution is 6.28. The van der Waals surface area contributed by atoms with Crippen LogP contribution in [0.15, 0.2) is 24.3 Å². The van der Waals surface area contributed by atoms with Crippen LogP contribution in [0.3, 0.4) is 0 Å². The molecule has 3 heteroatoms. The highest BCUT2D eigenvalue weighted by atomic mass is 16.2. The molecule has 1 atom stereocenters. The van der Waals surface area contributed by atoms with Crippen LogP contribution >= 0.6 is 0 Å². The molecule has 0 radical (unpaired) electrons. The Morgan fingerprint density at radius 3 is 2.00 bits per heavy atom. The molecule has 1 aliphatic heterocycles. The third-order valence-electron chi connectivity index (χ3n) is 5.60. The number of amides is 2. The monoisotopic (exact) mass is 333 g/mol. The number of carbonyl (C=O) groups is 2. The summed E-state index contributed by atoms with van der Waals surface area (Å²) in [6.45, 7) is 4.84. The first-order chi connectivity index (χ1) is 12.2. The lowest BCUT2D eigenvalue weighted by atomic mass is 9.89. The zero-order valence-electron chi connectivity index (χ0n) is 14.8. The van der Waals surface area contributed by atoms with Gasteiger partial charge in [0.1, 0.15) is 0 Å². The van der Waals surface area contributed by atoms with Gasteiger partial charge in [-0.25, -0.2) is 0 Å². The van der Waals surface area contributed by atoms with E-state index in [0.29, 0.717) is 23.6 Å². The van der Waals surface area contributed by atoms with Gasteiger partial charge in [-0.2, -0.15) is 0 Å². The standard InChI is InChI=1S/C22H23NO2/c1-3-5-6-14(4-2)13-23-21(24)17-11-9-15-7-8-16-10-12-18(22(23)25)20(17)19(15)16/h7-12,14H,3-6,13H2,1-2H3. The van der Waals surface area contributed by atoms with Gasteiger partial charge < -0.3 is 0 Å². The Morgan fingerprint density at radius 2 is 1.48 bits per heavy atom. The van der Waals surface area contributed by atoms with Crippen molar-refractivity contribution < 1.29 is 9.59 Å².